The molecule has 1 N–H and O–H groups in total. The minimum absolute atomic E-state index is 0.203. The van der Waals surface area contributed by atoms with E-state index in [0.29, 0.717) is 18.5 Å². The molecule has 35 heavy (non-hydrogen) atoms. The highest BCUT2D eigenvalue weighted by Gasteiger charge is 2.44. The van der Waals surface area contributed by atoms with Crippen molar-refractivity contribution in [2.75, 3.05) is 40.3 Å². The van der Waals surface area contributed by atoms with Crippen LogP contribution in [0.25, 0.3) is 0 Å². The number of carbonyl (C=O) groups excluding carboxylic acids is 1. The third kappa shape index (κ3) is 6.81. The van der Waals surface area contributed by atoms with E-state index in [1.807, 2.05) is 7.05 Å². The fraction of sp³-hybridized carbons (Fsp3) is 0.387. The lowest BCUT2D eigenvalue weighted by atomic mass is 9.95. The molecule has 0 aromatic heterocycles. The van der Waals surface area contributed by atoms with Crippen molar-refractivity contribution in [2.45, 2.75) is 37.8 Å². The molecule has 0 aliphatic carbocycles. The standard InChI is InChI=1S/C31H40N3O/c1-32-23-30(22-28-17-10-5-11-18-28)34(2)24-29(21-27-15-8-4-9-16-27)33(31(35)25-34)20-12-19-26-13-6-3-7-14-26/h3-11,13-18,29-30,32H,12,19-25H2,1-2H3/q+1. The van der Waals surface area contributed by atoms with Crippen molar-refractivity contribution in [1.29, 1.82) is 0 Å². The average Bonchev–Trinajstić information content (AvgIpc) is 2.87. The Hall–Kier alpha value is -2.95. The molecule has 4 nitrogen and oxygen atoms in total. The summed E-state index contributed by atoms with van der Waals surface area (Å²) in [7, 11) is 4.31. The molecule has 1 amide bonds. The van der Waals surface area contributed by atoms with Crippen molar-refractivity contribution in [2.24, 2.45) is 0 Å². The zero-order valence-corrected chi connectivity index (χ0v) is 21.3. The molecule has 3 unspecified atom stereocenters. The van der Waals surface area contributed by atoms with Crippen LogP contribution in [0.5, 0.6) is 0 Å². The smallest absolute Gasteiger partial charge is 0.278 e. The van der Waals surface area contributed by atoms with Crippen molar-refractivity contribution in [1.82, 2.24) is 10.2 Å². The number of hydrogen-bond donors (Lipinski definition) is 1. The molecule has 0 bridgehead atoms. The van der Waals surface area contributed by atoms with E-state index >= 15 is 0 Å². The zero-order valence-electron chi connectivity index (χ0n) is 21.3. The first kappa shape index (κ1) is 25.2. The average molecular weight is 471 g/mol. The molecule has 3 aromatic carbocycles. The molecule has 184 valence electrons. The van der Waals surface area contributed by atoms with E-state index in [2.05, 4.69) is 108 Å². The maximum absolute atomic E-state index is 13.7. The number of benzene rings is 3. The summed E-state index contributed by atoms with van der Waals surface area (Å²) in [6.07, 6.45) is 3.88. The molecule has 3 aromatic rings. The van der Waals surface area contributed by atoms with Gasteiger partial charge in [-0.15, -0.1) is 0 Å². The van der Waals surface area contributed by atoms with E-state index in [1.165, 1.54) is 16.7 Å². The number of amides is 1. The van der Waals surface area contributed by atoms with Crippen LogP contribution in [0.4, 0.5) is 0 Å². The molecule has 4 rings (SSSR count). The zero-order chi connectivity index (χ0) is 24.5. The third-order valence-corrected chi connectivity index (χ3v) is 7.54. The summed E-state index contributed by atoms with van der Waals surface area (Å²) < 4.78 is 0.779. The van der Waals surface area contributed by atoms with Crippen LogP contribution in [0.3, 0.4) is 0 Å². The van der Waals surface area contributed by atoms with Crippen molar-refractivity contribution in [3.63, 3.8) is 0 Å². The predicted molar refractivity (Wildman–Crippen MR) is 144 cm³/mol. The number of carbonyl (C=O) groups is 1. The monoisotopic (exact) mass is 470 g/mol. The van der Waals surface area contributed by atoms with Gasteiger partial charge < -0.3 is 14.7 Å². The molecule has 0 saturated carbocycles. The van der Waals surface area contributed by atoms with Crippen molar-refractivity contribution in [3.05, 3.63) is 108 Å². The van der Waals surface area contributed by atoms with Crippen LogP contribution in [0.15, 0.2) is 91.0 Å². The summed E-state index contributed by atoms with van der Waals surface area (Å²) in [6.45, 7) is 3.26. The van der Waals surface area contributed by atoms with Crippen LogP contribution >= 0.6 is 0 Å². The molecule has 1 fully saturated rings. The predicted octanol–water partition coefficient (Wildman–Crippen LogP) is 4.35. The van der Waals surface area contributed by atoms with Crippen molar-refractivity contribution >= 4 is 5.91 Å². The van der Waals surface area contributed by atoms with E-state index in [0.717, 1.165) is 49.8 Å². The number of aryl methyl sites for hydroxylation is 1. The number of likely N-dealkylation sites (N-methyl/N-ethyl adjacent to an activating group) is 2. The van der Waals surface area contributed by atoms with Gasteiger partial charge in [0.25, 0.3) is 5.91 Å². The van der Waals surface area contributed by atoms with Crippen molar-refractivity contribution in [3.8, 4) is 0 Å². The fourth-order valence-corrected chi connectivity index (χ4v) is 5.63. The van der Waals surface area contributed by atoms with Crippen LogP contribution in [0, 0.1) is 0 Å². The number of rotatable bonds is 11. The topological polar surface area (TPSA) is 32.3 Å². The quantitative estimate of drug-likeness (QED) is 0.423. The Bertz CT molecular complexity index is 1040. The Kier molecular flexibility index (Phi) is 8.73. The molecule has 0 radical (unpaired) electrons. The van der Waals surface area contributed by atoms with Gasteiger partial charge in [-0.25, -0.2) is 0 Å². The summed E-state index contributed by atoms with van der Waals surface area (Å²) in [5.74, 6) is 0.293. The van der Waals surface area contributed by atoms with Gasteiger partial charge in [0.05, 0.1) is 13.1 Å². The lowest BCUT2D eigenvalue weighted by Gasteiger charge is -2.50. The van der Waals surface area contributed by atoms with Gasteiger partial charge in [0, 0.05) is 19.5 Å². The number of quaternary nitrogens is 1. The summed E-state index contributed by atoms with van der Waals surface area (Å²) in [5.41, 5.74) is 3.98. The lowest BCUT2D eigenvalue weighted by molar-refractivity contribution is -0.930. The molecular weight excluding hydrogens is 430 g/mol. The number of nitrogens with zero attached hydrogens (tertiary/aromatic N) is 2. The van der Waals surface area contributed by atoms with Crippen LogP contribution in [0.1, 0.15) is 23.1 Å². The molecule has 1 aliphatic heterocycles. The normalized spacial score (nSPS) is 21.1. The Morgan fingerprint density at radius 1 is 0.886 bits per heavy atom. The molecule has 1 saturated heterocycles. The van der Waals surface area contributed by atoms with Gasteiger partial charge in [-0.3, -0.25) is 4.79 Å². The second-order valence-electron chi connectivity index (χ2n) is 10.2. The van der Waals surface area contributed by atoms with Gasteiger partial charge in [-0.2, -0.15) is 0 Å². The van der Waals surface area contributed by atoms with E-state index < -0.39 is 0 Å². The number of hydrogen-bond acceptors (Lipinski definition) is 2. The molecule has 1 heterocycles. The Morgan fingerprint density at radius 3 is 2.06 bits per heavy atom. The first-order chi connectivity index (χ1) is 17.1. The fourth-order valence-electron chi connectivity index (χ4n) is 5.63. The molecule has 3 atom stereocenters. The van der Waals surface area contributed by atoms with Crippen LogP contribution < -0.4 is 5.32 Å². The third-order valence-electron chi connectivity index (χ3n) is 7.54. The largest absolute Gasteiger partial charge is 0.329 e. The number of piperazine rings is 1. The minimum Gasteiger partial charge on any atom is -0.329 e. The van der Waals surface area contributed by atoms with Gasteiger partial charge in [0.2, 0.25) is 0 Å². The van der Waals surface area contributed by atoms with E-state index in [-0.39, 0.29) is 6.04 Å². The van der Waals surface area contributed by atoms with E-state index in [1.54, 1.807) is 0 Å². The van der Waals surface area contributed by atoms with Crippen molar-refractivity contribution < 1.29 is 9.28 Å². The summed E-state index contributed by atoms with van der Waals surface area (Å²) in [6, 6.07) is 32.5. The van der Waals surface area contributed by atoms with E-state index in [4.69, 9.17) is 0 Å². The Morgan fingerprint density at radius 2 is 1.46 bits per heavy atom. The van der Waals surface area contributed by atoms with Gasteiger partial charge in [-0.05, 0) is 43.0 Å². The first-order valence-electron chi connectivity index (χ1n) is 13.0. The Balaban J connectivity index is 1.53. The highest BCUT2D eigenvalue weighted by molar-refractivity contribution is 5.78. The molecule has 4 heteroatoms. The number of nitrogens with one attached hydrogen (secondary N) is 1. The van der Waals surface area contributed by atoms with Crippen LogP contribution in [-0.2, 0) is 24.1 Å². The van der Waals surface area contributed by atoms with Gasteiger partial charge >= 0.3 is 0 Å². The minimum atomic E-state index is 0.203. The van der Waals surface area contributed by atoms with Gasteiger partial charge in [0.15, 0.2) is 6.54 Å². The molecular formula is C31H40N3O+. The van der Waals surface area contributed by atoms with E-state index in [9.17, 15) is 4.79 Å². The second-order valence-corrected chi connectivity index (χ2v) is 10.2. The maximum Gasteiger partial charge on any atom is 0.278 e. The maximum atomic E-state index is 13.7. The SMILES string of the molecule is CNCC(Cc1ccccc1)[N+]1(C)CC(=O)N(CCCc2ccccc2)C(Cc2ccccc2)C1. The molecule has 1 aliphatic rings. The summed E-state index contributed by atoms with van der Waals surface area (Å²) in [5, 5.41) is 3.41. The highest BCUT2D eigenvalue weighted by Crippen LogP contribution is 2.26. The summed E-state index contributed by atoms with van der Waals surface area (Å²) in [4.78, 5) is 15.9. The summed E-state index contributed by atoms with van der Waals surface area (Å²) >= 11 is 0. The lowest BCUT2D eigenvalue weighted by Crippen LogP contribution is -2.69. The van der Waals surface area contributed by atoms with Crippen LogP contribution in [0.2, 0.25) is 0 Å². The molecule has 0 spiro atoms. The second kappa shape index (κ2) is 12.1. The van der Waals surface area contributed by atoms with Gasteiger partial charge in [0.1, 0.15) is 12.6 Å². The highest BCUT2D eigenvalue weighted by atomic mass is 16.2. The van der Waals surface area contributed by atoms with Gasteiger partial charge in [-0.1, -0.05) is 91.0 Å². The van der Waals surface area contributed by atoms with Crippen LogP contribution in [-0.4, -0.2) is 67.6 Å². The Labute approximate surface area is 211 Å². The first-order valence-corrected chi connectivity index (χ1v) is 13.0.